The van der Waals surface area contributed by atoms with E-state index in [1.807, 2.05) is 0 Å². The zero-order valence-electron chi connectivity index (χ0n) is 11.8. The van der Waals surface area contributed by atoms with Crippen LogP contribution < -0.4 is 16.3 Å². The summed E-state index contributed by atoms with van der Waals surface area (Å²) in [5.74, 6) is 0.439. The first kappa shape index (κ1) is 14.8. The lowest BCUT2D eigenvalue weighted by molar-refractivity contribution is -0.121. The molecule has 8 nitrogen and oxygen atoms in total. The fraction of sp³-hybridized carbons (Fsp3) is 0.385. The maximum absolute atomic E-state index is 12.1. The summed E-state index contributed by atoms with van der Waals surface area (Å²) in [7, 11) is 3.25. The Balaban J connectivity index is 2.39. The van der Waals surface area contributed by atoms with Gasteiger partial charge in [0.25, 0.3) is 0 Å². The molecule has 0 bridgehead atoms. The molecule has 0 saturated carbocycles. The van der Waals surface area contributed by atoms with E-state index in [0.29, 0.717) is 23.1 Å². The summed E-state index contributed by atoms with van der Waals surface area (Å²) in [6.07, 6.45) is 2.62. The highest BCUT2D eigenvalue weighted by Gasteiger charge is 2.18. The normalized spacial score (nSPS) is 12.1. The van der Waals surface area contributed by atoms with Gasteiger partial charge in [0.1, 0.15) is 12.1 Å². The molecule has 0 aromatic carbocycles. The third-order valence-electron chi connectivity index (χ3n) is 3.29. The molecule has 112 valence electrons. The van der Waals surface area contributed by atoms with Gasteiger partial charge in [0, 0.05) is 26.6 Å². The average molecular weight is 291 g/mol. The van der Waals surface area contributed by atoms with E-state index in [1.165, 1.54) is 17.8 Å². The number of H-pyrrole nitrogens is 1. The summed E-state index contributed by atoms with van der Waals surface area (Å²) < 4.78 is 1.33. The minimum Gasteiger partial charge on any atom is -0.373 e. The number of aromatic nitrogens is 3. The van der Waals surface area contributed by atoms with Crippen LogP contribution in [0.1, 0.15) is 18.9 Å². The van der Waals surface area contributed by atoms with Crippen molar-refractivity contribution in [2.45, 2.75) is 18.9 Å². The number of carbonyl (C=O) groups excluding carboxylic acids is 2. The first-order valence-electron chi connectivity index (χ1n) is 6.54. The predicted octanol–water partition coefficient (Wildman–Crippen LogP) is 0.0325. The number of hydrogen-bond donors (Lipinski definition) is 3. The Hall–Kier alpha value is -2.64. The van der Waals surface area contributed by atoms with Crippen LogP contribution in [0.15, 0.2) is 17.1 Å². The van der Waals surface area contributed by atoms with E-state index in [4.69, 9.17) is 0 Å². The first-order chi connectivity index (χ1) is 10.1. The zero-order valence-corrected chi connectivity index (χ0v) is 11.8. The van der Waals surface area contributed by atoms with Crippen LogP contribution in [0.2, 0.25) is 0 Å². The Morgan fingerprint density at radius 2 is 2.29 bits per heavy atom. The Morgan fingerprint density at radius 3 is 2.90 bits per heavy atom. The summed E-state index contributed by atoms with van der Waals surface area (Å²) in [5.41, 5.74) is 0.730. The van der Waals surface area contributed by atoms with Gasteiger partial charge in [-0.05, 0) is 6.42 Å². The lowest BCUT2D eigenvalue weighted by atomic mass is 10.1. The number of aromatic amines is 1. The lowest BCUT2D eigenvalue weighted by Crippen LogP contribution is -2.25. The van der Waals surface area contributed by atoms with Gasteiger partial charge in [0.2, 0.25) is 5.91 Å². The highest BCUT2D eigenvalue weighted by molar-refractivity contribution is 5.79. The molecule has 1 atom stereocenters. The molecule has 0 aliphatic rings. The van der Waals surface area contributed by atoms with Gasteiger partial charge in [0.05, 0.1) is 23.3 Å². The molecule has 2 heterocycles. The fourth-order valence-corrected chi connectivity index (χ4v) is 2.15. The molecule has 2 rings (SSSR count). The Labute approximate surface area is 120 Å². The smallest absolute Gasteiger partial charge is 0.327 e. The topological polar surface area (TPSA) is 109 Å². The second-order valence-electron chi connectivity index (χ2n) is 4.55. The van der Waals surface area contributed by atoms with E-state index < -0.39 is 11.7 Å². The zero-order chi connectivity index (χ0) is 15.4. The summed E-state index contributed by atoms with van der Waals surface area (Å²) in [6.45, 7) is 0. The Bertz CT molecular complexity index is 718. The quantitative estimate of drug-likeness (QED) is 0.651. The fourth-order valence-electron chi connectivity index (χ4n) is 2.15. The highest BCUT2D eigenvalue weighted by atomic mass is 16.2. The van der Waals surface area contributed by atoms with Crippen molar-refractivity contribution in [1.82, 2.24) is 19.9 Å². The van der Waals surface area contributed by atoms with Gasteiger partial charge in [0.15, 0.2) is 0 Å². The second kappa shape index (κ2) is 6.21. The molecule has 2 aromatic heterocycles. The van der Waals surface area contributed by atoms with Crippen molar-refractivity contribution < 1.29 is 9.59 Å². The van der Waals surface area contributed by atoms with Crippen LogP contribution in [-0.4, -0.2) is 40.8 Å². The van der Waals surface area contributed by atoms with E-state index in [0.717, 1.165) is 0 Å². The number of anilines is 1. The molecule has 1 amide bonds. The number of aldehydes is 1. The molecule has 0 aliphatic carbocycles. The Kier molecular flexibility index (Phi) is 4.36. The molecular formula is C13H17N5O3. The van der Waals surface area contributed by atoms with Crippen LogP contribution in [-0.2, 0) is 9.59 Å². The van der Waals surface area contributed by atoms with E-state index in [2.05, 4.69) is 20.6 Å². The van der Waals surface area contributed by atoms with Crippen LogP contribution in [0.5, 0.6) is 0 Å². The standard InChI is InChI=1S/C13H17N5O3/c1-14-11-5-9-10(6-16-11)18(13(21)17-9)8(7-19)3-4-12(20)15-2/h5-8H,3-4H2,1-2H3,(H,14,16)(H,15,20)(H,17,21). The largest absolute Gasteiger partial charge is 0.373 e. The van der Waals surface area contributed by atoms with Gasteiger partial charge in [-0.2, -0.15) is 0 Å². The summed E-state index contributed by atoms with van der Waals surface area (Å²) in [6, 6.07) is 0.985. The van der Waals surface area contributed by atoms with E-state index in [9.17, 15) is 14.4 Å². The monoisotopic (exact) mass is 291 g/mol. The Morgan fingerprint density at radius 1 is 1.52 bits per heavy atom. The van der Waals surface area contributed by atoms with E-state index >= 15 is 0 Å². The third kappa shape index (κ3) is 2.93. The van der Waals surface area contributed by atoms with Gasteiger partial charge >= 0.3 is 5.69 Å². The van der Waals surface area contributed by atoms with Crippen LogP contribution in [0.25, 0.3) is 11.0 Å². The molecule has 21 heavy (non-hydrogen) atoms. The maximum atomic E-state index is 12.1. The summed E-state index contributed by atoms with van der Waals surface area (Å²) >= 11 is 0. The molecule has 0 spiro atoms. The van der Waals surface area contributed by atoms with Crippen LogP contribution >= 0.6 is 0 Å². The van der Waals surface area contributed by atoms with Gasteiger partial charge in [-0.1, -0.05) is 0 Å². The number of nitrogens with one attached hydrogen (secondary N) is 3. The number of fused-ring (bicyclic) bond motifs is 1. The van der Waals surface area contributed by atoms with Crippen molar-refractivity contribution in [3.05, 3.63) is 22.7 Å². The molecule has 0 fully saturated rings. The van der Waals surface area contributed by atoms with Crippen LogP contribution in [0, 0.1) is 0 Å². The van der Waals surface area contributed by atoms with Crippen molar-refractivity contribution in [3.63, 3.8) is 0 Å². The van der Waals surface area contributed by atoms with Crippen LogP contribution in [0.3, 0.4) is 0 Å². The highest BCUT2D eigenvalue weighted by Crippen LogP contribution is 2.18. The van der Waals surface area contributed by atoms with Crippen LogP contribution in [0.4, 0.5) is 5.82 Å². The lowest BCUT2D eigenvalue weighted by Gasteiger charge is -2.11. The van der Waals surface area contributed by atoms with Gasteiger partial charge in [-0.25, -0.2) is 9.78 Å². The molecule has 3 N–H and O–H groups in total. The predicted molar refractivity (Wildman–Crippen MR) is 78.3 cm³/mol. The van der Waals surface area contributed by atoms with Crippen molar-refractivity contribution in [1.29, 1.82) is 0 Å². The number of pyridine rings is 1. The average Bonchev–Trinajstić information content (AvgIpc) is 2.83. The summed E-state index contributed by atoms with van der Waals surface area (Å²) in [5, 5.41) is 5.36. The second-order valence-corrected chi connectivity index (χ2v) is 4.55. The maximum Gasteiger partial charge on any atom is 0.327 e. The first-order valence-corrected chi connectivity index (χ1v) is 6.54. The number of carbonyl (C=O) groups is 2. The number of imidazole rings is 1. The minimum atomic E-state index is -0.703. The SMILES string of the molecule is CNC(=O)CCC(C=O)n1c(=O)[nH]c2cc(NC)ncc21. The van der Waals surface area contributed by atoms with E-state index in [1.54, 1.807) is 13.1 Å². The molecule has 1 unspecified atom stereocenters. The van der Waals surface area contributed by atoms with Gasteiger partial charge in [-0.15, -0.1) is 0 Å². The van der Waals surface area contributed by atoms with Gasteiger partial charge in [-0.3, -0.25) is 9.36 Å². The van der Waals surface area contributed by atoms with Gasteiger partial charge < -0.3 is 20.4 Å². The van der Waals surface area contributed by atoms with Crippen molar-refractivity contribution in [2.24, 2.45) is 0 Å². The molecule has 0 saturated heterocycles. The van der Waals surface area contributed by atoms with Crippen molar-refractivity contribution in [2.75, 3.05) is 19.4 Å². The molecule has 2 aromatic rings. The molecule has 0 radical (unpaired) electrons. The van der Waals surface area contributed by atoms with Crippen molar-refractivity contribution >= 4 is 29.0 Å². The number of rotatable bonds is 6. The minimum absolute atomic E-state index is 0.168. The van der Waals surface area contributed by atoms with Crippen molar-refractivity contribution in [3.8, 4) is 0 Å². The molecular weight excluding hydrogens is 274 g/mol. The number of amides is 1. The number of hydrogen-bond acceptors (Lipinski definition) is 5. The van der Waals surface area contributed by atoms with E-state index in [-0.39, 0.29) is 18.7 Å². The molecule has 0 aliphatic heterocycles. The summed E-state index contributed by atoms with van der Waals surface area (Å²) in [4.78, 5) is 41.5. The number of nitrogens with zero attached hydrogens (tertiary/aromatic N) is 2. The third-order valence-corrected chi connectivity index (χ3v) is 3.29. The molecule has 8 heteroatoms.